The van der Waals surface area contributed by atoms with E-state index in [1.807, 2.05) is 13.8 Å². The maximum atomic E-state index is 14.1. The fourth-order valence-electron chi connectivity index (χ4n) is 1.89. The van der Waals surface area contributed by atoms with Crippen LogP contribution in [0.3, 0.4) is 0 Å². The summed E-state index contributed by atoms with van der Waals surface area (Å²) in [5, 5.41) is 0. The third-order valence-corrected chi connectivity index (χ3v) is 3.76. The smallest absolute Gasteiger partial charge is 0.124 e. The van der Waals surface area contributed by atoms with Crippen molar-refractivity contribution in [2.45, 2.75) is 26.4 Å². The maximum Gasteiger partial charge on any atom is 0.124 e. The SMILES string of the molecule is CC(C)C(CN)C(F)Cc1ccc(F)cc1Br. The van der Waals surface area contributed by atoms with Crippen molar-refractivity contribution in [1.29, 1.82) is 0 Å². The highest BCUT2D eigenvalue weighted by atomic mass is 79.9. The molecule has 2 unspecified atom stereocenters. The number of hydrogen-bond donors (Lipinski definition) is 1. The van der Waals surface area contributed by atoms with Gasteiger partial charge in [-0.2, -0.15) is 0 Å². The molecule has 0 heterocycles. The van der Waals surface area contributed by atoms with Crippen LogP contribution in [0.4, 0.5) is 8.78 Å². The monoisotopic (exact) mass is 305 g/mol. The Kier molecular flexibility index (Phi) is 5.53. The van der Waals surface area contributed by atoms with Crippen LogP contribution in [0.5, 0.6) is 0 Å². The number of hydrogen-bond acceptors (Lipinski definition) is 1. The van der Waals surface area contributed by atoms with E-state index in [1.165, 1.54) is 12.1 Å². The predicted octanol–water partition coefficient (Wildman–Crippen LogP) is 3.70. The summed E-state index contributed by atoms with van der Waals surface area (Å²) < 4.78 is 27.6. The highest BCUT2D eigenvalue weighted by Crippen LogP contribution is 2.25. The summed E-state index contributed by atoms with van der Waals surface area (Å²) in [6.45, 7) is 4.26. The van der Waals surface area contributed by atoms with Gasteiger partial charge in [-0.25, -0.2) is 8.78 Å². The van der Waals surface area contributed by atoms with Gasteiger partial charge in [0.05, 0.1) is 0 Å². The van der Waals surface area contributed by atoms with Crippen LogP contribution in [-0.2, 0) is 6.42 Å². The first-order valence-corrected chi connectivity index (χ1v) is 6.53. The summed E-state index contributed by atoms with van der Waals surface area (Å²) in [5.41, 5.74) is 6.35. The molecule has 1 rings (SSSR count). The molecule has 0 bridgehead atoms. The van der Waals surface area contributed by atoms with Crippen LogP contribution in [-0.4, -0.2) is 12.7 Å². The van der Waals surface area contributed by atoms with Gasteiger partial charge in [-0.1, -0.05) is 35.8 Å². The van der Waals surface area contributed by atoms with Crippen molar-refractivity contribution < 1.29 is 8.78 Å². The summed E-state index contributed by atoms with van der Waals surface area (Å²) in [4.78, 5) is 0. The van der Waals surface area contributed by atoms with Crippen LogP contribution in [0.15, 0.2) is 22.7 Å². The standard InChI is InChI=1S/C13H18BrF2N/c1-8(2)11(7-17)13(16)5-9-3-4-10(15)6-12(9)14/h3-4,6,8,11,13H,5,7,17H2,1-2H3. The predicted molar refractivity (Wildman–Crippen MR) is 70.1 cm³/mol. The lowest BCUT2D eigenvalue weighted by Crippen LogP contribution is -2.30. The average molecular weight is 306 g/mol. The second kappa shape index (κ2) is 6.45. The molecule has 2 atom stereocenters. The number of rotatable bonds is 5. The van der Waals surface area contributed by atoms with Gasteiger partial charge >= 0.3 is 0 Å². The quantitative estimate of drug-likeness (QED) is 0.882. The molecule has 0 radical (unpaired) electrons. The van der Waals surface area contributed by atoms with Gasteiger partial charge < -0.3 is 5.73 Å². The van der Waals surface area contributed by atoms with E-state index >= 15 is 0 Å². The first kappa shape index (κ1) is 14.6. The molecule has 1 aromatic rings. The summed E-state index contributed by atoms with van der Waals surface area (Å²) in [6.07, 6.45) is -0.734. The zero-order valence-corrected chi connectivity index (χ0v) is 11.7. The number of alkyl halides is 1. The molecular formula is C13H18BrF2N. The summed E-state index contributed by atoms with van der Waals surface area (Å²) >= 11 is 3.25. The minimum atomic E-state index is -0.998. The summed E-state index contributed by atoms with van der Waals surface area (Å²) in [6, 6.07) is 4.31. The Morgan fingerprint density at radius 1 is 1.35 bits per heavy atom. The molecule has 0 aliphatic carbocycles. The van der Waals surface area contributed by atoms with E-state index in [2.05, 4.69) is 15.9 Å². The maximum absolute atomic E-state index is 14.1. The lowest BCUT2D eigenvalue weighted by atomic mass is 9.88. The normalized spacial score (nSPS) is 15.0. The van der Waals surface area contributed by atoms with Crippen molar-refractivity contribution in [1.82, 2.24) is 0 Å². The van der Waals surface area contributed by atoms with E-state index in [4.69, 9.17) is 5.73 Å². The molecular weight excluding hydrogens is 288 g/mol. The van der Waals surface area contributed by atoms with Gasteiger partial charge in [-0.15, -0.1) is 0 Å². The highest BCUT2D eigenvalue weighted by molar-refractivity contribution is 9.10. The number of benzene rings is 1. The van der Waals surface area contributed by atoms with Gasteiger partial charge in [0.1, 0.15) is 12.0 Å². The van der Waals surface area contributed by atoms with Crippen LogP contribution < -0.4 is 5.73 Å². The van der Waals surface area contributed by atoms with Crippen molar-refractivity contribution in [3.05, 3.63) is 34.1 Å². The van der Waals surface area contributed by atoms with Gasteiger partial charge in [0.15, 0.2) is 0 Å². The zero-order valence-electron chi connectivity index (χ0n) is 10.1. The second-order valence-electron chi connectivity index (χ2n) is 4.60. The van der Waals surface area contributed by atoms with Gasteiger partial charge in [-0.3, -0.25) is 0 Å². The lowest BCUT2D eigenvalue weighted by Gasteiger charge is -2.23. The molecule has 1 aromatic carbocycles. The molecule has 0 aliphatic rings. The first-order chi connectivity index (χ1) is 7.95. The van der Waals surface area contributed by atoms with Gasteiger partial charge in [-0.05, 0) is 30.2 Å². The topological polar surface area (TPSA) is 26.0 Å². The van der Waals surface area contributed by atoms with Crippen LogP contribution in [0.2, 0.25) is 0 Å². The Balaban J connectivity index is 2.76. The molecule has 0 saturated heterocycles. The number of halogens is 3. The minimum absolute atomic E-state index is 0.160. The van der Waals surface area contributed by atoms with E-state index in [9.17, 15) is 8.78 Å². The Morgan fingerprint density at radius 2 is 2.00 bits per heavy atom. The Labute approximate surface area is 110 Å². The minimum Gasteiger partial charge on any atom is -0.330 e. The van der Waals surface area contributed by atoms with Crippen LogP contribution in [0, 0.1) is 17.7 Å². The van der Waals surface area contributed by atoms with Crippen molar-refractivity contribution in [3.8, 4) is 0 Å². The van der Waals surface area contributed by atoms with E-state index < -0.39 is 6.17 Å². The van der Waals surface area contributed by atoms with Crippen molar-refractivity contribution in [3.63, 3.8) is 0 Å². The fraction of sp³-hybridized carbons (Fsp3) is 0.538. The van der Waals surface area contributed by atoms with E-state index in [-0.39, 0.29) is 24.1 Å². The molecule has 0 aliphatic heterocycles. The van der Waals surface area contributed by atoms with Gasteiger partial charge in [0.2, 0.25) is 0 Å². The Hall–Kier alpha value is -0.480. The van der Waals surface area contributed by atoms with E-state index in [0.29, 0.717) is 11.0 Å². The molecule has 2 N–H and O–H groups in total. The Bertz CT molecular complexity index is 368. The van der Waals surface area contributed by atoms with Gasteiger partial charge in [0, 0.05) is 16.8 Å². The van der Waals surface area contributed by atoms with Gasteiger partial charge in [0.25, 0.3) is 0 Å². The molecule has 0 saturated carbocycles. The first-order valence-electron chi connectivity index (χ1n) is 5.73. The molecule has 4 heteroatoms. The number of nitrogens with two attached hydrogens (primary N) is 1. The average Bonchev–Trinajstić information content (AvgIpc) is 2.22. The molecule has 0 fully saturated rings. The molecule has 96 valence electrons. The lowest BCUT2D eigenvalue weighted by molar-refractivity contribution is 0.185. The van der Waals surface area contributed by atoms with Crippen LogP contribution in [0.25, 0.3) is 0 Å². The van der Waals surface area contributed by atoms with Crippen LogP contribution in [0.1, 0.15) is 19.4 Å². The van der Waals surface area contributed by atoms with E-state index in [1.54, 1.807) is 6.07 Å². The van der Waals surface area contributed by atoms with E-state index in [0.717, 1.165) is 5.56 Å². The third-order valence-electron chi connectivity index (χ3n) is 3.02. The largest absolute Gasteiger partial charge is 0.330 e. The molecule has 17 heavy (non-hydrogen) atoms. The highest BCUT2D eigenvalue weighted by Gasteiger charge is 2.23. The second-order valence-corrected chi connectivity index (χ2v) is 5.45. The van der Waals surface area contributed by atoms with Crippen molar-refractivity contribution in [2.75, 3.05) is 6.54 Å². The molecule has 0 amide bonds. The third kappa shape index (κ3) is 4.03. The van der Waals surface area contributed by atoms with Crippen molar-refractivity contribution in [2.24, 2.45) is 17.6 Å². The fourth-order valence-corrected chi connectivity index (χ4v) is 2.40. The van der Waals surface area contributed by atoms with Crippen molar-refractivity contribution >= 4 is 15.9 Å². The molecule has 1 nitrogen and oxygen atoms in total. The molecule has 0 spiro atoms. The summed E-state index contributed by atoms with van der Waals surface area (Å²) in [5.74, 6) is -0.281. The Morgan fingerprint density at radius 3 is 2.47 bits per heavy atom. The van der Waals surface area contributed by atoms with Crippen LogP contribution >= 0.6 is 15.9 Å². The zero-order chi connectivity index (χ0) is 13.0. The summed E-state index contributed by atoms with van der Waals surface area (Å²) in [7, 11) is 0. The molecule has 0 aromatic heterocycles.